The maximum atomic E-state index is 12.7. The first-order chi connectivity index (χ1) is 7.13. The number of hydrogen-bond donors (Lipinski definition) is 1. The van der Waals surface area contributed by atoms with Crippen LogP contribution in [0, 0.1) is 0 Å². The van der Waals surface area contributed by atoms with Crippen molar-refractivity contribution in [3.05, 3.63) is 23.3 Å². The number of ether oxygens (including phenoxy) is 2. The molecule has 0 aromatic heterocycles. The lowest BCUT2D eigenvalue weighted by atomic mass is 10.1. The molecule has 5 heteroatoms. The van der Waals surface area contributed by atoms with E-state index in [0.29, 0.717) is 5.56 Å². The third-order valence-corrected chi connectivity index (χ3v) is 2.04. The van der Waals surface area contributed by atoms with Crippen molar-refractivity contribution in [2.75, 3.05) is 14.2 Å². The largest absolute Gasteiger partial charge is 0.493 e. The molecule has 0 aliphatic rings. The minimum atomic E-state index is -2.61. The molecule has 1 aromatic rings. The second-order valence-electron chi connectivity index (χ2n) is 2.93. The summed E-state index contributed by atoms with van der Waals surface area (Å²) in [7, 11) is 2.72. The monoisotopic (exact) mass is 217 g/mol. The topological polar surface area (TPSA) is 44.5 Å². The lowest BCUT2D eigenvalue weighted by Gasteiger charge is -2.13. The summed E-state index contributed by atoms with van der Waals surface area (Å²) in [5, 5.41) is 0. The highest BCUT2D eigenvalue weighted by Crippen LogP contribution is 2.37. The average Bonchev–Trinajstić information content (AvgIpc) is 2.26. The smallest absolute Gasteiger partial charge is 0.267 e. The maximum absolute atomic E-state index is 12.7. The van der Waals surface area contributed by atoms with E-state index in [9.17, 15) is 8.78 Å². The summed E-state index contributed by atoms with van der Waals surface area (Å²) in [5.74, 6) is 0.334. The van der Waals surface area contributed by atoms with Crippen molar-refractivity contribution >= 4 is 0 Å². The quantitative estimate of drug-likeness (QED) is 0.839. The van der Waals surface area contributed by atoms with Crippen LogP contribution in [0.5, 0.6) is 11.5 Å². The van der Waals surface area contributed by atoms with Crippen molar-refractivity contribution in [3.8, 4) is 11.5 Å². The van der Waals surface area contributed by atoms with Crippen LogP contribution in [-0.4, -0.2) is 14.2 Å². The predicted octanol–water partition coefficient (Wildman–Crippen LogP) is 2.10. The van der Waals surface area contributed by atoms with Gasteiger partial charge in [-0.05, 0) is 17.7 Å². The van der Waals surface area contributed by atoms with Gasteiger partial charge in [-0.2, -0.15) is 0 Å². The normalized spacial score (nSPS) is 10.5. The highest BCUT2D eigenvalue weighted by molar-refractivity contribution is 5.50. The van der Waals surface area contributed by atoms with Gasteiger partial charge in [0.05, 0.1) is 19.8 Å². The van der Waals surface area contributed by atoms with Crippen LogP contribution in [0.2, 0.25) is 0 Å². The molecule has 0 radical (unpaired) electrons. The first-order valence-electron chi connectivity index (χ1n) is 4.37. The number of benzene rings is 1. The van der Waals surface area contributed by atoms with Gasteiger partial charge >= 0.3 is 0 Å². The zero-order valence-corrected chi connectivity index (χ0v) is 8.59. The molecule has 15 heavy (non-hydrogen) atoms. The highest BCUT2D eigenvalue weighted by atomic mass is 19.3. The zero-order valence-electron chi connectivity index (χ0n) is 8.59. The number of nitrogens with two attached hydrogens (primary N) is 1. The van der Waals surface area contributed by atoms with E-state index < -0.39 is 6.43 Å². The molecular formula is C10H13F2NO2. The molecule has 0 atom stereocenters. The van der Waals surface area contributed by atoms with Crippen molar-refractivity contribution in [2.45, 2.75) is 13.0 Å². The molecule has 0 unspecified atom stereocenters. The van der Waals surface area contributed by atoms with E-state index >= 15 is 0 Å². The van der Waals surface area contributed by atoms with Gasteiger partial charge in [-0.25, -0.2) is 8.78 Å². The van der Waals surface area contributed by atoms with Crippen molar-refractivity contribution in [3.63, 3.8) is 0 Å². The molecule has 1 rings (SSSR count). The summed E-state index contributed by atoms with van der Waals surface area (Å²) in [6, 6.07) is 2.91. The Balaban J connectivity index is 3.32. The van der Waals surface area contributed by atoms with Crippen LogP contribution in [0.3, 0.4) is 0 Å². The lowest BCUT2D eigenvalue weighted by Crippen LogP contribution is -2.02. The minimum Gasteiger partial charge on any atom is -0.493 e. The van der Waals surface area contributed by atoms with Crippen molar-refractivity contribution in [1.29, 1.82) is 0 Å². The molecule has 0 heterocycles. The number of methoxy groups -OCH3 is 2. The molecule has 0 fully saturated rings. The molecule has 0 amide bonds. The molecular weight excluding hydrogens is 204 g/mol. The molecule has 0 saturated carbocycles. The molecule has 2 N–H and O–H groups in total. The van der Waals surface area contributed by atoms with Gasteiger partial charge in [0.1, 0.15) is 0 Å². The Morgan fingerprint density at radius 2 is 1.93 bits per heavy atom. The van der Waals surface area contributed by atoms with Gasteiger partial charge in [0.2, 0.25) is 0 Å². The van der Waals surface area contributed by atoms with Crippen LogP contribution >= 0.6 is 0 Å². The van der Waals surface area contributed by atoms with E-state index in [2.05, 4.69) is 0 Å². The fourth-order valence-corrected chi connectivity index (χ4v) is 1.33. The SMILES string of the molecule is COc1cc(CN)cc(C(F)F)c1OC. The Labute approximate surface area is 86.8 Å². The van der Waals surface area contributed by atoms with Crippen LogP contribution in [0.1, 0.15) is 17.6 Å². The molecule has 0 saturated heterocycles. The van der Waals surface area contributed by atoms with Gasteiger partial charge in [-0.15, -0.1) is 0 Å². The van der Waals surface area contributed by atoms with Gasteiger partial charge in [0, 0.05) is 6.54 Å². The first kappa shape index (κ1) is 11.7. The van der Waals surface area contributed by atoms with E-state index in [0.717, 1.165) is 0 Å². The van der Waals surface area contributed by atoms with Crippen LogP contribution in [0.15, 0.2) is 12.1 Å². The molecule has 3 nitrogen and oxygen atoms in total. The number of rotatable bonds is 4. The maximum Gasteiger partial charge on any atom is 0.267 e. The second kappa shape index (κ2) is 4.93. The van der Waals surface area contributed by atoms with Crippen molar-refractivity contribution in [2.24, 2.45) is 5.73 Å². The van der Waals surface area contributed by atoms with Crippen LogP contribution in [0.4, 0.5) is 8.78 Å². The van der Waals surface area contributed by atoms with Gasteiger partial charge in [-0.1, -0.05) is 0 Å². The van der Waals surface area contributed by atoms with E-state index in [4.69, 9.17) is 15.2 Å². The third-order valence-electron chi connectivity index (χ3n) is 2.04. The van der Waals surface area contributed by atoms with Gasteiger partial charge in [0.15, 0.2) is 11.5 Å². The summed E-state index contributed by atoms with van der Waals surface area (Å²) in [6.45, 7) is 0.181. The lowest BCUT2D eigenvalue weighted by molar-refractivity contribution is 0.146. The first-order valence-corrected chi connectivity index (χ1v) is 4.37. The molecule has 84 valence electrons. The third kappa shape index (κ3) is 2.36. The van der Waals surface area contributed by atoms with Crippen LogP contribution < -0.4 is 15.2 Å². The summed E-state index contributed by atoms with van der Waals surface area (Å²) in [5.41, 5.74) is 5.78. The molecule has 0 aliphatic carbocycles. The molecule has 0 bridgehead atoms. The van der Waals surface area contributed by atoms with Crippen LogP contribution in [-0.2, 0) is 6.54 Å². The Morgan fingerprint density at radius 1 is 1.27 bits per heavy atom. The predicted molar refractivity (Wildman–Crippen MR) is 52.4 cm³/mol. The Bertz CT molecular complexity index is 342. The number of alkyl halides is 2. The van der Waals surface area contributed by atoms with E-state index in [1.165, 1.54) is 20.3 Å². The molecule has 1 aromatic carbocycles. The summed E-state index contributed by atoms with van der Waals surface area (Å²) >= 11 is 0. The van der Waals surface area contributed by atoms with E-state index in [-0.39, 0.29) is 23.6 Å². The van der Waals surface area contributed by atoms with Crippen LogP contribution in [0.25, 0.3) is 0 Å². The minimum absolute atomic E-state index is 0.0599. The Morgan fingerprint density at radius 3 is 2.33 bits per heavy atom. The van der Waals surface area contributed by atoms with E-state index in [1.807, 2.05) is 0 Å². The number of hydrogen-bond acceptors (Lipinski definition) is 3. The standard InChI is InChI=1S/C10H13F2NO2/c1-14-8-4-6(5-13)3-7(10(11)12)9(8)15-2/h3-4,10H,5,13H2,1-2H3. The van der Waals surface area contributed by atoms with Gasteiger partial charge in [0.25, 0.3) is 6.43 Å². The molecule has 0 spiro atoms. The fourth-order valence-electron chi connectivity index (χ4n) is 1.33. The van der Waals surface area contributed by atoms with Crippen molar-refractivity contribution in [1.82, 2.24) is 0 Å². The Kier molecular flexibility index (Phi) is 3.85. The van der Waals surface area contributed by atoms with Gasteiger partial charge < -0.3 is 15.2 Å². The highest BCUT2D eigenvalue weighted by Gasteiger charge is 2.19. The Hall–Kier alpha value is -1.36. The average molecular weight is 217 g/mol. The van der Waals surface area contributed by atoms with Gasteiger partial charge in [-0.3, -0.25) is 0 Å². The van der Waals surface area contributed by atoms with Crippen molar-refractivity contribution < 1.29 is 18.3 Å². The zero-order chi connectivity index (χ0) is 11.4. The summed E-state index contributed by atoms with van der Waals surface area (Å²) < 4.78 is 35.2. The summed E-state index contributed by atoms with van der Waals surface area (Å²) in [6.07, 6.45) is -2.61. The molecule has 0 aliphatic heterocycles. The number of halogens is 2. The fraction of sp³-hybridized carbons (Fsp3) is 0.400. The summed E-state index contributed by atoms with van der Waals surface area (Å²) in [4.78, 5) is 0. The second-order valence-corrected chi connectivity index (χ2v) is 2.93. The van der Waals surface area contributed by atoms with E-state index in [1.54, 1.807) is 6.07 Å².